The summed E-state index contributed by atoms with van der Waals surface area (Å²) in [5.74, 6) is -0.238. The van der Waals surface area contributed by atoms with Crippen molar-refractivity contribution >= 4 is 18.1 Å². The van der Waals surface area contributed by atoms with Crippen LogP contribution in [0.25, 0.3) is 33.5 Å². The Hall–Kier alpha value is -3.36. The van der Waals surface area contributed by atoms with Crippen molar-refractivity contribution in [1.82, 2.24) is 25.0 Å². The van der Waals surface area contributed by atoms with E-state index in [0.717, 1.165) is 36.3 Å². The molecule has 0 radical (unpaired) electrons. The Balaban J connectivity index is 1.60. The van der Waals surface area contributed by atoms with Gasteiger partial charge in [0.05, 0.1) is 0 Å². The van der Waals surface area contributed by atoms with Gasteiger partial charge in [0.1, 0.15) is 5.82 Å². The van der Waals surface area contributed by atoms with Crippen LogP contribution < -0.4 is 0 Å². The number of nitrogens with zero attached hydrogens (tertiary/aromatic N) is 3. The minimum atomic E-state index is -0.435. The summed E-state index contributed by atoms with van der Waals surface area (Å²) in [5.41, 5.74) is 5.62. The van der Waals surface area contributed by atoms with Crippen LogP contribution in [0.15, 0.2) is 24.3 Å². The molecule has 0 bridgehead atoms. The topological polar surface area (TPSA) is 84.4 Å². The first-order valence-corrected chi connectivity index (χ1v) is 10.3. The second kappa shape index (κ2) is 7.41. The van der Waals surface area contributed by atoms with Crippen LogP contribution >= 0.6 is 0 Å². The van der Waals surface area contributed by atoms with Gasteiger partial charge >= 0.3 is 136 Å². The van der Waals surface area contributed by atoms with Crippen molar-refractivity contribution in [2.24, 2.45) is 0 Å². The zero-order valence-electron chi connectivity index (χ0n) is 17.3. The van der Waals surface area contributed by atoms with Crippen LogP contribution in [0.4, 0.5) is 8.78 Å². The fourth-order valence-corrected chi connectivity index (χ4v) is 4.27. The Bertz CT molecular complexity index is 1330. The third-order valence-corrected chi connectivity index (χ3v) is 5.96. The maximum atomic E-state index is 15.3. The van der Waals surface area contributed by atoms with Gasteiger partial charge in [-0.05, 0) is 18.9 Å². The van der Waals surface area contributed by atoms with E-state index in [0.29, 0.717) is 45.7 Å². The van der Waals surface area contributed by atoms with Gasteiger partial charge in [-0.2, -0.15) is 0 Å². The zero-order valence-corrected chi connectivity index (χ0v) is 17.3. The fourth-order valence-electron chi connectivity index (χ4n) is 4.27. The van der Waals surface area contributed by atoms with Crippen molar-refractivity contribution in [3.8, 4) is 22.6 Å². The number of imidazole rings is 1. The van der Waals surface area contributed by atoms with E-state index in [4.69, 9.17) is 5.31 Å². The molecule has 4 aromatic rings. The van der Waals surface area contributed by atoms with Crippen molar-refractivity contribution in [3.63, 3.8) is 0 Å². The average molecular weight is 418 g/mol. The number of aromatic nitrogens is 4. The fraction of sp³-hybridized carbons (Fsp3) is 0.273. The molecular formula is C22H21BF2N6. The summed E-state index contributed by atoms with van der Waals surface area (Å²) in [6.45, 7) is 5.03. The molecule has 0 spiro atoms. The van der Waals surface area contributed by atoms with Crippen molar-refractivity contribution in [2.75, 3.05) is 6.54 Å². The number of hydrogen-bond acceptors (Lipinski definition) is 3. The first-order valence-electron chi connectivity index (χ1n) is 10.3. The molecule has 0 unspecified atom stereocenters. The molecule has 0 amide bonds. The van der Waals surface area contributed by atoms with Gasteiger partial charge in [0.25, 0.3) is 0 Å². The molecule has 3 heterocycles. The average Bonchev–Trinajstić information content (AvgIpc) is 3.38. The van der Waals surface area contributed by atoms with Crippen LogP contribution in [0.2, 0.25) is 0 Å². The van der Waals surface area contributed by atoms with Crippen molar-refractivity contribution in [2.45, 2.75) is 33.2 Å². The molecule has 6 nitrogen and oxygen atoms in total. The second-order valence-corrected chi connectivity index (χ2v) is 7.93. The molecule has 156 valence electrons. The van der Waals surface area contributed by atoms with Crippen LogP contribution in [-0.2, 0) is 19.4 Å². The number of benzene rings is 2. The molecule has 31 heavy (non-hydrogen) atoms. The van der Waals surface area contributed by atoms with Crippen molar-refractivity contribution in [3.05, 3.63) is 58.4 Å². The zero-order chi connectivity index (χ0) is 21.7. The van der Waals surface area contributed by atoms with Crippen LogP contribution in [-0.4, -0.2) is 38.7 Å². The monoisotopic (exact) mass is 418 g/mol. The Kier molecular flexibility index (Phi) is 4.68. The van der Waals surface area contributed by atoms with Crippen LogP contribution in [0.1, 0.15) is 29.4 Å². The van der Waals surface area contributed by atoms with E-state index in [1.54, 1.807) is 13.0 Å². The van der Waals surface area contributed by atoms with Crippen LogP contribution in [0.5, 0.6) is 0 Å². The number of nitrogens with one attached hydrogen (secondary N) is 3. The number of hydrogen-bond donors (Lipinski definition) is 3. The molecule has 0 atom stereocenters. The summed E-state index contributed by atoms with van der Waals surface area (Å²) < 4.78 is 29.5. The van der Waals surface area contributed by atoms with E-state index in [2.05, 4.69) is 20.2 Å². The normalized spacial score (nSPS) is 13.5. The Morgan fingerprint density at radius 2 is 2.03 bits per heavy atom. The summed E-state index contributed by atoms with van der Waals surface area (Å²) in [7, 11) is 1.31. The van der Waals surface area contributed by atoms with Gasteiger partial charge in [0, 0.05) is 0 Å². The number of rotatable bonds is 4. The molecule has 9 heteroatoms. The van der Waals surface area contributed by atoms with E-state index < -0.39 is 5.82 Å². The summed E-state index contributed by atoms with van der Waals surface area (Å²) in [4.78, 5) is 9.75. The Morgan fingerprint density at radius 3 is 2.81 bits per heavy atom. The second-order valence-electron chi connectivity index (χ2n) is 7.93. The summed E-state index contributed by atoms with van der Waals surface area (Å²) in [5, 5.41) is 15.0. The van der Waals surface area contributed by atoms with Crippen LogP contribution in [0.3, 0.4) is 0 Å². The van der Waals surface area contributed by atoms with E-state index in [9.17, 15) is 4.39 Å². The third kappa shape index (κ3) is 3.24. The van der Waals surface area contributed by atoms with Gasteiger partial charge in [-0.25, -0.2) is 4.39 Å². The van der Waals surface area contributed by atoms with Crippen molar-refractivity contribution < 1.29 is 8.78 Å². The molecule has 0 aliphatic carbocycles. The molecule has 1 aliphatic heterocycles. The molecule has 1 aliphatic rings. The summed E-state index contributed by atoms with van der Waals surface area (Å²) >= 11 is 0. The SMILES string of the molecule is CCc1cc(C)c(F)cc1-c1cc(F)c2c(-c3nc4c([nH]3)CN(B=N)CC4)n[nH]c2c1. The number of H-pyrrole nitrogens is 2. The molecule has 0 saturated carbocycles. The molecule has 5 rings (SSSR count). The van der Waals surface area contributed by atoms with Gasteiger partial charge in [-0.3, -0.25) is 0 Å². The number of aromatic amines is 2. The predicted octanol–water partition coefficient (Wildman–Crippen LogP) is 4.51. The quantitative estimate of drug-likeness (QED) is 0.427. The maximum absolute atomic E-state index is 15.3. The summed E-state index contributed by atoms with van der Waals surface area (Å²) in [6, 6.07) is 6.53. The van der Waals surface area contributed by atoms with Crippen molar-refractivity contribution in [1.29, 1.82) is 5.31 Å². The predicted molar refractivity (Wildman–Crippen MR) is 116 cm³/mol. The minimum absolute atomic E-state index is 0.307. The van der Waals surface area contributed by atoms with Gasteiger partial charge in [-0.15, -0.1) is 0 Å². The van der Waals surface area contributed by atoms with E-state index in [1.165, 1.54) is 19.3 Å². The number of fused-ring (bicyclic) bond motifs is 2. The van der Waals surface area contributed by atoms with E-state index in [-0.39, 0.29) is 5.82 Å². The van der Waals surface area contributed by atoms with Crippen LogP contribution in [0, 0.1) is 23.9 Å². The molecule has 0 fully saturated rings. The number of aryl methyl sites for hydroxylation is 2. The van der Waals surface area contributed by atoms with Gasteiger partial charge in [-0.1, -0.05) is 13.0 Å². The summed E-state index contributed by atoms with van der Waals surface area (Å²) in [6.07, 6.45) is 1.43. The molecule has 2 aromatic heterocycles. The van der Waals surface area contributed by atoms with E-state index in [1.807, 2.05) is 17.8 Å². The third-order valence-electron chi connectivity index (χ3n) is 5.96. The molecular weight excluding hydrogens is 397 g/mol. The molecule has 2 aromatic carbocycles. The van der Waals surface area contributed by atoms with Gasteiger partial charge in [0.15, 0.2) is 0 Å². The van der Waals surface area contributed by atoms with E-state index >= 15 is 4.39 Å². The number of halogens is 2. The molecule has 3 N–H and O–H groups in total. The molecule has 0 saturated heterocycles. The Labute approximate surface area is 178 Å². The van der Waals surface area contributed by atoms with Gasteiger partial charge in [0.2, 0.25) is 0 Å². The van der Waals surface area contributed by atoms with Gasteiger partial charge < -0.3 is 0 Å². The first-order chi connectivity index (χ1) is 15.0. The Morgan fingerprint density at radius 1 is 1.19 bits per heavy atom. The standard InChI is InChI=1S/C22H21BF2N6/c1-3-12-6-11(2)15(24)9-14(12)13-7-16(25)20-18(8-13)29-30-21(20)22-27-17-4-5-31(23-26)10-19(17)28-22/h6-9,26H,3-5,10H2,1-2H3,(H,27,28)(H,29,30). The first kappa shape index (κ1) is 19.6.